The van der Waals surface area contributed by atoms with Gasteiger partial charge in [-0.15, -0.1) is 0 Å². The molecule has 0 rings (SSSR count). The molecule has 0 aliphatic heterocycles. The second-order valence-corrected chi connectivity index (χ2v) is 1.28. The van der Waals surface area contributed by atoms with Crippen molar-refractivity contribution in [3.8, 4) is 0 Å². The van der Waals surface area contributed by atoms with Crippen LogP contribution in [0.3, 0.4) is 0 Å². The van der Waals surface area contributed by atoms with Crippen LogP contribution >= 0.6 is 0 Å². The summed E-state index contributed by atoms with van der Waals surface area (Å²) in [6.45, 7) is 0. The summed E-state index contributed by atoms with van der Waals surface area (Å²) >= 11 is 0. The molecule has 3 N–H and O–H groups in total. The van der Waals surface area contributed by atoms with Gasteiger partial charge in [-0.2, -0.15) is 0 Å². The van der Waals surface area contributed by atoms with Gasteiger partial charge in [0, 0.05) is 0 Å². The molecule has 58 valence electrons. The topological polar surface area (TPSA) is 85.9 Å². The van der Waals surface area contributed by atoms with Crippen molar-refractivity contribution in [3.63, 3.8) is 0 Å². The molecular weight excluding hydrogens is 138 g/mol. The van der Waals surface area contributed by atoms with Gasteiger partial charge in [-0.1, -0.05) is 0 Å². The monoisotopic (exact) mass is 147 g/mol. The normalized spacial score (nSPS) is 10.4. The van der Waals surface area contributed by atoms with E-state index in [4.69, 9.17) is 5.73 Å². The fraction of sp³-hybridized carbons (Fsp3) is 0.500. The van der Waals surface area contributed by atoms with E-state index in [-0.39, 0.29) is 5.96 Å². The first kappa shape index (κ1) is 8.54. The summed E-state index contributed by atoms with van der Waals surface area (Å²) in [5.74, 6) is -0.144. The van der Waals surface area contributed by atoms with Crippen LogP contribution in [0.25, 0.3) is 0 Å². The number of alkyl carbamates (subject to hydrolysis) is 1. The number of oxime groups is 1. The average molecular weight is 147 g/mol. The van der Waals surface area contributed by atoms with Crippen LogP contribution in [-0.2, 0) is 9.57 Å². The summed E-state index contributed by atoms with van der Waals surface area (Å²) in [5, 5.41) is 5.27. The van der Waals surface area contributed by atoms with E-state index in [0.717, 1.165) is 0 Å². The van der Waals surface area contributed by atoms with E-state index in [1.54, 1.807) is 0 Å². The number of hydrogen-bond acceptors (Lipinski definition) is 4. The molecule has 0 bridgehead atoms. The van der Waals surface area contributed by atoms with Crippen molar-refractivity contribution in [1.82, 2.24) is 5.32 Å². The lowest BCUT2D eigenvalue weighted by Crippen LogP contribution is -2.36. The first-order valence-electron chi connectivity index (χ1n) is 2.42. The fourth-order valence-electron chi connectivity index (χ4n) is 0.277. The molecule has 0 heterocycles. The van der Waals surface area contributed by atoms with Crippen LogP contribution in [0.1, 0.15) is 0 Å². The first-order chi connectivity index (χ1) is 4.70. The van der Waals surface area contributed by atoms with Crippen LogP contribution in [0.15, 0.2) is 5.16 Å². The predicted molar refractivity (Wildman–Crippen MR) is 34.2 cm³/mol. The lowest BCUT2D eigenvalue weighted by molar-refractivity contribution is 0.174. The zero-order chi connectivity index (χ0) is 7.98. The smallest absolute Gasteiger partial charge is 0.413 e. The van der Waals surface area contributed by atoms with Gasteiger partial charge in [0.1, 0.15) is 7.11 Å². The van der Waals surface area contributed by atoms with E-state index in [2.05, 4.69) is 20.0 Å². The first-order valence-corrected chi connectivity index (χ1v) is 2.42. The van der Waals surface area contributed by atoms with Crippen LogP contribution in [0.4, 0.5) is 4.79 Å². The maximum Gasteiger partial charge on any atom is 0.413 e. The number of carbonyl (C=O) groups excluding carboxylic acids is 1. The highest BCUT2D eigenvalue weighted by atomic mass is 16.6. The number of guanidine groups is 1. The lowest BCUT2D eigenvalue weighted by atomic mass is 10.9. The molecule has 6 nitrogen and oxygen atoms in total. The number of rotatable bonds is 1. The molecule has 0 aromatic heterocycles. The Balaban J connectivity index is 3.67. The van der Waals surface area contributed by atoms with Crippen molar-refractivity contribution in [2.75, 3.05) is 14.2 Å². The Morgan fingerprint density at radius 1 is 1.60 bits per heavy atom. The summed E-state index contributed by atoms with van der Waals surface area (Å²) in [4.78, 5) is 14.6. The number of hydrogen-bond donors (Lipinski definition) is 2. The number of amides is 1. The molecule has 1 amide bonds. The number of carbonyl (C=O) groups is 1. The Labute approximate surface area is 58.0 Å². The molecule has 0 aliphatic carbocycles. The summed E-state index contributed by atoms with van der Waals surface area (Å²) in [5.41, 5.74) is 5.07. The van der Waals surface area contributed by atoms with Crippen LogP contribution in [0.5, 0.6) is 0 Å². The van der Waals surface area contributed by atoms with Gasteiger partial charge in [-0.05, 0) is 5.16 Å². The molecule has 0 atom stereocenters. The molecule has 0 radical (unpaired) electrons. The van der Waals surface area contributed by atoms with Crippen molar-refractivity contribution >= 4 is 12.1 Å². The number of methoxy groups -OCH3 is 1. The van der Waals surface area contributed by atoms with Crippen LogP contribution < -0.4 is 11.1 Å². The predicted octanol–water partition coefficient (Wildman–Crippen LogP) is -0.781. The van der Waals surface area contributed by atoms with Crippen LogP contribution in [0.2, 0.25) is 0 Å². The largest absolute Gasteiger partial charge is 0.453 e. The van der Waals surface area contributed by atoms with Crippen LogP contribution in [0, 0.1) is 0 Å². The molecule has 0 aromatic rings. The molecule has 0 aliphatic rings. The minimum absolute atomic E-state index is 0.144. The zero-order valence-corrected chi connectivity index (χ0v) is 5.75. The van der Waals surface area contributed by atoms with Gasteiger partial charge in [-0.3, -0.25) is 5.32 Å². The Kier molecular flexibility index (Phi) is 3.78. The van der Waals surface area contributed by atoms with E-state index in [0.29, 0.717) is 0 Å². The van der Waals surface area contributed by atoms with Gasteiger partial charge in [0.05, 0.1) is 7.11 Å². The van der Waals surface area contributed by atoms with E-state index in [1.807, 2.05) is 0 Å². The standard InChI is InChI=1S/C4H9N3O3/c1-9-4(8)6-3(5)7-10-2/h1-2H3,(H3,5,6,7,8). The van der Waals surface area contributed by atoms with Gasteiger partial charge in [0.2, 0.25) is 5.96 Å². The molecule has 10 heavy (non-hydrogen) atoms. The molecule has 0 aromatic carbocycles. The Morgan fingerprint density at radius 3 is 2.60 bits per heavy atom. The summed E-state index contributed by atoms with van der Waals surface area (Å²) < 4.78 is 4.20. The number of ether oxygens (including phenoxy) is 1. The minimum atomic E-state index is -0.682. The highest BCUT2D eigenvalue weighted by Gasteiger charge is 1.99. The van der Waals surface area contributed by atoms with Crippen molar-refractivity contribution in [2.45, 2.75) is 0 Å². The van der Waals surface area contributed by atoms with Crippen molar-refractivity contribution in [1.29, 1.82) is 0 Å². The van der Waals surface area contributed by atoms with Crippen LogP contribution in [-0.4, -0.2) is 26.3 Å². The van der Waals surface area contributed by atoms with Crippen molar-refractivity contribution < 1.29 is 14.4 Å². The molecular formula is C4H9N3O3. The summed E-state index contributed by atoms with van der Waals surface area (Å²) in [6, 6.07) is 0. The Morgan fingerprint density at radius 2 is 2.20 bits per heavy atom. The number of nitrogens with one attached hydrogen (secondary N) is 1. The Hall–Kier alpha value is -1.46. The van der Waals surface area contributed by atoms with Crippen molar-refractivity contribution in [3.05, 3.63) is 0 Å². The second kappa shape index (κ2) is 4.42. The molecule has 0 fully saturated rings. The minimum Gasteiger partial charge on any atom is -0.453 e. The molecule has 0 saturated heterocycles. The highest BCUT2D eigenvalue weighted by Crippen LogP contribution is 1.71. The lowest BCUT2D eigenvalue weighted by Gasteiger charge is -1.99. The third-order valence-electron chi connectivity index (χ3n) is 0.605. The van der Waals surface area contributed by atoms with E-state index < -0.39 is 6.09 Å². The fourth-order valence-corrected chi connectivity index (χ4v) is 0.277. The summed E-state index contributed by atoms with van der Waals surface area (Å²) in [7, 11) is 2.53. The number of nitrogens with two attached hydrogens (primary N) is 1. The molecule has 0 spiro atoms. The van der Waals surface area contributed by atoms with Gasteiger partial charge in [-0.25, -0.2) is 4.79 Å². The summed E-state index contributed by atoms with van der Waals surface area (Å²) in [6.07, 6.45) is -0.682. The third kappa shape index (κ3) is 3.53. The van der Waals surface area contributed by atoms with Gasteiger partial charge >= 0.3 is 6.09 Å². The SMILES string of the molecule is CON=C(N)NC(=O)OC. The van der Waals surface area contributed by atoms with Gasteiger partial charge in [0.25, 0.3) is 0 Å². The molecule has 0 unspecified atom stereocenters. The highest BCUT2D eigenvalue weighted by molar-refractivity contribution is 5.92. The van der Waals surface area contributed by atoms with E-state index in [1.165, 1.54) is 14.2 Å². The van der Waals surface area contributed by atoms with Gasteiger partial charge in [0.15, 0.2) is 0 Å². The third-order valence-corrected chi connectivity index (χ3v) is 0.605. The van der Waals surface area contributed by atoms with Crippen molar-refractivity contribution in [2.24, 2.45) is 10.9 Å². The van der Waals surface area contributed by atoms with E-state index >= 15 is 0 Å². The van der Waals surface area contributed by atoms with E-state index in [9.17, 15) is 4.79 Å². The maximum atomic E-state index is 10.3. The maximum absolute atomic E-state index is 10.3. The Bertz CT molecular complexity index is 145. The van der Waals surface area contributed by atoms with Gasteiger partial charge < -0.3 is 15.3 Å². The zero-order valence-electron chi connectivity index (χ0n) is 5.75. The quantitative estimate of drug-likeness (QED) is 0.289. The number of nitrogens with zero attached hydrogens (tertiary/aromatic N) is 1. The average Bonchev–Trinajstić information content (AvgIpc) is 1.88. The molecule has 0 saturated carbocycles. The molecule has 6 heteroatoms. The second-order valence-electron chi connectivity index (χ2n) is 1.28.